The Balaban J connectivity index is 2.37. The molecule has 0 aliphatic rings. The van der Waals surface area contributed by atoms with Crippen LogP contribution in [0.4, 0.5) is 0 Å². The summed E-state index contributed by atoms with van der Waals surface area (Å²) in [5, 5.41) is 0.782. The van der Waals surface area contributed by atoms with Gasteiger partial charge in [-0.1, -0.05) is 41.9 Å². The first-order valence-electron chi connectivity index (χ1n) is 6.80. The highest BCUT2D eigenvalue weighted by Gasteiger charge is 2.16. The Hall–Kier alpha value is -1.35. The minimum Gasteiger partial charge on any atom is -0.271 e. The molecule has 0 saturated carbocycles. The molecule has 0 aromatic heterocycles. The Kier molecular flexibility index (Phi) is 4.81. The van der Waals surface area contributed by atoms with Crippen molar-refractivity contribution in [3.8, 4) is 0 Å². The Bertz CT molecular complexity index is 588. The first-order valence-corrected chi connectivity index (χ1v) is 7.18. The van der Waals surface area contributed by atoms with Crippen molar-refractivity contribution in [2.45, 2.75) is 33.2 Å². The maximum Gasteiger partial charge on any atom is 0.0503 e. The molecule has 3 heteroatoms. The third-order valence-electron chi connectivity index (χ3n) is 3.94. The summed E-state index contributed by atoms with van der Waals surface area (Å²) in [7, 11) is 0. The van der Waals surface area contributed by atoms with E-state index < -0.39 is 0 Å². The van der Waals surface area contributed by atoms with Gasteiger partial charge in [-0.2, -0.15) is 0 Å². The summed E-state index contributed by atoms with van der Waals surface area (Å²) in [6, 6.07) is 12.4. The molecule has 2 rings (SSSR count). The molecule has 0 radical (unpaired) electrons. The van der Waals surface area contributed by atoms with Crippen molar-refractivity contribution in [1.29, 1.82) is 0 Å². The number of benzene rings is 2. The summed E-state index contributed by atoms with van der Waals surface area (Å²) in [4.78, 5) is 0. The van der Waals surface area contributed by atoms with Crippen LogP contribution >= 0.6 is 11.6 Å². The number of nitrogens with one attached hydrogen (secondary N) is 1. The maximum absolute atomic E-state index is 6.21. The summed E-state index contributed by atoms with van der Waals surface area (Å²) in [5.74, 6) is 5.78. The molecular formula is C17H21ClN2. The van der Waals surface area contributed by atoms with Crippen LogP contribution in [0.15, 0.2) is 36.4 Å². The van der Waals surface area contributed by atoms with Crippen molar-refractivity contribution >= 4 is 11.6 Å². The number of hydrogen-bond acceptors (Lipinski definition) is 2. The van der Waals surface area contributed by atoms with Crippen molar-refractivity contribution < 1.29 is 0 Å². The molecule has 106 valence electrons. The largest absolute Gasteiger partial charge is 0.271 e. The smallest absolute Gasteiger partial charge is 0.0503 e. The van der Waals surface area contributed by atoms with E-state index in [9.17, 15) is 0 Å². The van der Waals surface area contributed by atoms with Crippen LogP contribution in [0.2, 0.25) is 5.02 Å². The quantitative estimate of drug-likeness (QED) is 0.659. The summed E-state index contributed by atoms with van der Waals surface area (Å²) in [5.41, 5.74) is 9.11. The molecule has 0 heterocycles. The summed E-state index contributed by atoms with van der Waals surface area (Å²) in [6.07, 6.45) is 0.857. The van der Waals surface area contributed by atoms with E-state index in [1.165, 1.54) is 16.7 Å². The lowest BCUT2D eigenvalue weighted by Crippen LogP contribution is -2.30. The fourth-order valence-corrected chi connectivity index (χ4v) is 2.82. The van der Waals surface area contributed by atoms with Crippen molar-refractivity contribution in [1.82, 2.24) is 5.43 Å². The van der Waals surface area contributed by atoms with Gasteiger partial charge in [-0.25, -0.2) is 0 Å². The molecule has 0 fully saturated rings. The lowest BCUT2D eigenvalue weighted by atomic mass is 9.91. The first kappa shape index (κ1) is 15.0. The molecule has 0 spiro atoms. The van der Waals surface area contributed by atoms with Crippen LogP contribution in [0, 0.1) is 20.8 Å². The van der Waals surface area contributed by atoms with E-state index in [4.69, 9.17) is 17.4 Å². The highest BCUT2D eigenvalue weighted by atomic mass is 35.5. The van der Waals surface area contributed by atoms with Crippen molar-refractivity contribution in [3.63, 3.8) is 0 Å². The van der Waals surface area contributed by atoms with Crippen molar-refractivity contribution in [2.24, 2.45) is 5.84 Å². The van der Waals surface area contributed by atoms with Gasteiger partial charge in [-0.05, 0) is 61.1 Å². The average molecular weight is 289 g/mol. The molecule has 0 amide bonds. The van der Waals surface area contributed by atoms with Gasteiger partial charge in [0.25, 0.3) is 0 Å². The average Bonchev–Trinajstić information content (AvgIpc) is 2.42. The fraction of sp³-hybridized carbons (Fsp3) is 0.294. The molecule has 2 aromatic rings. The van der Waals surface area contributed by atoms with E-state index in [0.29, 0.717) is 0 Å². The molecule has 1 atom stereocenters. The van der Waals surface area contributed by atoms with Gasteiger partial charge < -0.3 is 0 Å². The Labute approximate surface area is 125 Å². The van der Waals surface area contributed by atoms with E-state index in [2.05, 4.69) is 43.5 Å². The van der Waals surface area contributed by atoms with E-state index in [1.807, 2.05) is 19.1 Å². The molecule has 2 nitrogen and oxygen atoms in total. The zero-order chi connectivity index (χ0) is 14.7. The minimum atomic E-state index is 0.0634. The van der Waals surface area contributed by atoms with Gasteiger partial charge in [0.05, 0.1) is 6.04 Å². The van der Waals surface area contributed by atoms with E-state index >= 15 is 0 Å². The monoisotopic (exact) mass is 288 g/mol. The Morgan fingerprint density at radius 3 is 2.25 bits per heavy atom. The van der Waals surface area contributed by atoms with E-state index in [0.717, 1.165) is 22.6 Å². The second-order valence-electron chi connectivity index (χ2n) is 5.25. The van der Waals surface area contributed by atoms with Crippen LogP contribution in [-0.4, -0.2) is 0 Å². The van der Waals surface area contributed by atoms with Gasteiger partial charge >= 0.3 is 0 Å². The lowest BCUT2D eigenvalue weighted by molar-refractivity contribution is 0.547. The van der Waals surface area contributed by atoms with Crippen LogP contribution in [0.25, 0.3) is 0 Å². The van der Waals surface area contributed by atoms with Crippen molar-refractivity contribution in [3.05, 3.63) is 69.2 Å². The second kappa shape index (κ2) is 6.40. The van der Waals surface area contributed by atoms with Gasteiger partial charge in [-0.3, -0.25) is 11.3 Å². The van der Waals surface area contributed by atoms with Gasteiger partial charge in [0.2, 0.25) is 0 Å². The molecule has 3 N–H and O–H groups in total. The number of hydrogen-bond donors (Lipinski definition) is 2. The van der Waals surface area contributed by atoms with Crippen LogP contribution in [0.1, 0.15) is 33.9 Å². The highest BCUT2D eigenvalue weighted by Crippen LogP contribution is 2.28. The summed E-state index contributed by atoms with van der Waals surface area (Å²) in [6.45, 7) is 6.31. The maximum atomic E-state index is 6.21. The molecule has 1 unspecified atom stereocenters. The van der Waals surface area contributed by atoms with Crippen LogP contribution < -0.4 is 11.3 Å². The first-order chi connectivity index (χ1) is 9.54. The molecule has 0 aliphatic heterocycles. The molecule has 0 bridgehead atoms. The molecule has 0 aliphatic carbocycles. The van der Waals surface area contributed by atoms with Crippen LogP contribution in [0.3, 0.4) is 0 Å². The van der Waals surface area contributed by atoms with E-state index in [1.54, 1.807) is 0 Å². The standard InChI is InChI=1S/C17H21ClN2/c1-11-6-4-7-12(2)15(11)10-17(20-19)14-8-5-9-16(18)13(14)3/h4-9,17,20H,10,19H2,1-3H3. The van der Waals surface area contributed by atoms with Crippen LogP contribution in [0.5, 0.6) is 0 Å². The molecular weight excluding hydrogens is 268 g/mol. The SMILES string of the molecule is Cc1cccc(C)c1CC(NN)c1cccc(Cl)c1C. The number of nitrogens with two attached hydrogens (primary N) is 1. The van der Waals surface area contributed by atoms with Gasteiger partial charge in [0.15, 0.2) is 0 Å². The van der Waals surface area contributed by atoms with E-state index in [-0.39, 0.29) is 6.04 Å². The molecule has 20 heavy (non-hydrogen) atoms. The topological polar surface area (TPSA) is 38.0 Å². The van der Waals surface area contributed by atoms with Gasteiger partial charge in [-0.15, -0.1) is 0 Å². The zero-order valence-electron chi connectivity index (χ0n) is 12.2. The molecule has 0 saturated heterocycles. The van der Waals surface area contributed by atoms with Gasteiger partial charge in [0, 0.05) is 5.02 Å². The van der Waals surface area contributed by atoms with Crippen LogP contribution in [-0.2, 0) is 6.42 Å². The number of aryl methyl sites for hydroxylation is 2. The zero-order valence-corrected chi connectivity index (χ0v) is 13.0. The highest BCUT2D eigenvalue weighted by molar-refractivity contribution is 6.31. The Morgan fingerprint density at radius 1 is 1.05 bits per heavy atom. The minimum absolute atomic E-state index is 0.0634. The predicted molar refractivity (Wildman–Crippen MR) is 85.9 cm³/mol. The molecule has 2 aromatic carbocycles. The second-order valence-corrected chi connectivity index (χ2v) is 5.66. The summed E-state index contributed by atoms with van der Waals surface area (Å²) < 4.78 is 0. The Morgan fingerprint density at radius 2 is 1.65 bits per heavy atom. The third-order valence-corrected chi connectivity index (χ3v) is 4.35. The van der Waals surface area contributed by atoms with Crippen molar-refractivity contribution in [2.75, 3.05) is 0 Å². The van der Waals surface area contributed by atoms with Gasteiger partial charge in [0.1, 0.15) is 0 Å². The number of halogens is 1. The lowest BCUT2D eigenvalue weighted by Gasteiger charge is -2.21. The summed E-state index contributed by atoms with van der Waals surface area (Å²) >= 11 is 6.21. The number of rotatable bonds is 4. The normalized spacial score (nSPS) is 12.4. The third kappa shape index (κ3) is 3.04. The predicted octanol–water partition coefficient (Wildman–Crippen LogP) is 4.01. The fourth-order valence-electron chi connectivity index (χ4n) is 2.64. The number of hydrazine groups is 1.